The average Bonchev–Trinajstić information content (AvgIpc) is 2.51. The molecule has 0 atom stereocenters. The first-order valence-electron chi connectivity index (χ1n) is 6.65. The van der Waals surface area contributed by atoms with Crippen molar-refractivity contribution in [3.63, 3.8) is 0 Å². The molecule has 0 radical (unpaired) electrons. The van der Waals surface area contributed by atoms with Crippen LogP contribution >= 0.6 is 0 Å². The molecule has 1 N–H and O–H groups in total. The number of hydrogen-bond donors (Lipinski definition) is 1. The van der Waals surface area contributed by atoms with Crippen LogP contribution in [0, 0.1) is 12.3 Å². The largest absolute Gasteiger partial charge is 0.493 e. The Morgan fingerprint density at radius 3 is 2.14 bits per heavy atom. The third-order valence-electron chi connectivity index (χ3n) is 2.91. The molecule has 0 bridgehead atoms. The number of amides is 1. The molecule has 5 nitrogen and oxygen atoms in total. The molecule has 1 aromatic carbocycles. The smallest absolute Gasteiger partial charge is 0.245 e. The number of carbonyl (C=O) groups is 1. The lowest BCUT2D eigenvalue weighted by molar-refractivity contribution is -0.117. The summed E-state index contributed by atoms with van der Waals surface area (Å²) in [5, 5.41) is 2.71. The molecule has 0 aromatic heterocycles. The number of nitrogens with one attached hydrogen (secondary N) is 1. The Kier molecular flexibility index (Phi) is 5.88. The van der Waals surface area contributed by atoms with Crippen LogP contribution in [0.15, 0.2) is 18.2 Å². The van der Waals surface area contributed by atoms with Crippen LogP contribution in [0.1, 0.15) is 19.4 Å². The molecule has 0 heterocycles. The SMILES string of the molecule is C#CC(C)(C)NC(=O)/C=C/c1cc(OC)c(OC)c(OC)c1. The van der Waals surface area contributed by atoms with Crippen LogP contribution in [0.2, 0.25) is 0 Å². The highest BCUT2D eigenvalue weighted by molar-refractivity contribution is 5.92. The van der Waals surface area contributed by atoms with Crippen molar-refractivity contribution in [2.75, 3.05) is 21.3 Å². The number of methoxy groups -OCH3 is 3. The molecule has 0 aliphatic rings. The first-order valence-corrected chi connectivity index (χ1v) is 6.65. The predicted octanol–water partition coefficient (Wildman–Crippen LogP) is 2.25. The maximum Gasteiger partial charge on any atom is 0.245 e. The highest BCUT2D eigenvalue weighted by Gasteiger charge is 2.15. The van der Waals surface area contributed by atoms with Gasteiger partial charge in [-0.3, -0.25) is 4.79 Å². The van der Waals surface area contributed by atoms with Crippen LogP contribution in [0.25, 0.3) is 6.08 Å². The van der Waals surface area contributed by atoms with Crippen molar-refractivity contribution in [3.05, 3.63) is 23.8 Å². The van der Waals surface area contributed by atoms with Gasteiger partial charge in [0.25, 0.3) is 0 Å². The van der Waals surface area contributed by atoms with Crippen LogP contribution in [0.5, 0.6) is 17.2 Å². The molecule has 0 spiro atoms. The van der Waals surface area contributed by atoms with Gasteiger partial charge in [0.05, 0.1) is 26.9 Å². The van der Waals surface area contributed by atoms with E-state index < -0.39 is 5.54 Å². The summed E-state index contributed by atoms with van der Waals surface area (Å²) in [4.78, 5) is 11.8. The Balaban J connectivity index is 3.01. The Morgan fingerprint density at radius 1 is 1.18 bits per heavy atom. The topological polar surface area (TPSA) is 56.8 Å². The van der Waals surface area contributed by atoms with E-state index in [9.17, 15) is 4.79 Å². The second-order valence-electron chi connectivity index (χ2n) is 5.05. The molecule has 1 rings (SSSR count). The fourth-order valence-electron chi connectivity index (χ4n) is 1.76. The second-order valence-corrected chi connectivity index (χ2v) is 5.05. The molecular formula is C17H21NO4. The molecule has 118 valence electrons. The minimum Gasteiger partial charge on any atom is -0.493 e. The normalized spacial score (nSPS) is 10.9. The minimum atomic E-state index is -0.698. The van der Waals surface area contributed by atoms with E-state index in [1.165, 1.54) is 27.4 Å². The summed E-state index contributed by atoms with van der Waals surface area (Å²) in [5.74, 6) is 3.76. The third kappa shape index (κ3) is 4.45. The lowest BCUT2D eigenvalue weighted by Crippen LogP contribution is -2.41. The molecule has 5 heteroatoms. The van der Waals surface area contributed by atoms with Gasteiger partial charge in [-0.05, 0) is 37.6 Å². The zero-order chi connectivity index (χ0) is 16.8. The van der Waals surface area contributed by atoms with Crippen LogP contribution < -0.4 is 19.5 Å². The summed E-state index contributed by atoms with van der Waals surface area (Å²) in [5.41, 5.74) is 0.0413. The maximum absolute atomic E-state index is 11.8. The van der Waals surface area contributed by atoms with Crippen molar-refractivity contribution in [3.8, 4) is 29.6 Å². The summed E-state index contributed by atoms with van der Waals surface area (Å²) in [6.45, 7) is 3.50. The molecular weight excluding hydrogens is 282 g/mol. The molecule has 0 aliphatic heterocycles. The van der Waals surface area contributed by atoms with Gasteiger partial charge in [-0.2, -0.15) is 0 Å². The Hall–Kier alpha value is -2.61. The van der Waals surface area contributed by atoms with E-state index in [1.54, 1.807) is 32.1 Å². The number of carbonyl (C=O) groups excluding carboxylic acids is 1. The van der Waals surface area contributed by atoms with Gasteiger partial charge >= 0.3 is 0 Å². The quantitative estimate of drug-likeness (QED) is 0.647. The lowest BCUT2D eigenvalue weighted by atomic mass is 10.1. The van der Waals surface area contributed by atoms with E-state index >= 15 is 0 Å². The number of hydrogen-bond acceptors (Lipinski definition) is 4. The Bertz CT molecular complexity index is 587. The van der Waals surface area contributed by atoms with E-state index in [2.05, 4.69) is 11.2 Å². The summed E-state index contributed by atoms with van der Waals surface area (Å²) in [6.07, 6.45) is 8.38. The summed E-state index contributed by atoms with van der Waals surface area (Å²) < 4.78 is 15.8. The van der Waals surface area contributed by atoms with Gasteiger partial charge in [-0.1, -0.05) is 5.92 Å². The van der Waals surface area contributed by atoms with E-state index in [4.69, 9.17) is 20.6 Å². The zero-order valence-corrected chi connectivity index (χ0v) is 13.5. The van der Waals surface area contributed by atoms with E-state index in [0.717, 1.165) is 5.56 Å². The minimum absolute atomic E-state index is 0.281. The van der Waals surface area contributed by atoms with Gasteiger partial charge in [0, 0.05) is 6.08 Å². The van der Waals surface area contributed by atoms with Crippen LogP contribution in [0.3, 0.4) is 0 Å². The zero-order valence-electron chi connectivity index (χ0n) is 13.5. The molecule has 0 aliphatic carbocycles. The fourth-order valence-corrected chi connectivity index (χ4v) is 1.76. The molecule has 1 aromatic rings. The predicted molar refractivity (Wildman–Crippen MR) is 86.2 cm³/mol. The third-order valence-corrected chi connectivity index (χ3v) is 2.91. The standard InChI is InChI=1S/C17H21NO4/c1-7-17(2,3)18-15(19)9-8-12-10-13(20-4)16(22-6)14(11-12)21-5/h1,8-11H,2-6H3,(H,18,19)/b9-8+. The van der Waals surface area contributed by atoms with Gasteiger partial charge in [0.2, 0.25) is 11.7 Å². The van der Waals surface area contributed by atoms with E-state index in [0.29, 0.717) is 17.2 Å². The number of ether oxygens (including phenoxy) is 3. The highest BCUT2D eigenvalue weighted by Crippen LogP contribution is 2.38. The molecule has 0 unspecified atom stereocenters. The summed E-state index contributed by atoms with van der Waals surface area (Å²) in [7, 11) is 4.60. The summed E-state index contributed by atoms with van der Waals surface area (Å²) in [6, 6.07) is 3.49. The molecule has 0 saturated heterocycles. The van der Waals surface area contributed by atoms with Crippen molar-refractivity contribution in [1.82, 2.24) is 5.32 Å². The van der Waals surface area contributed by atoms with Crippen LogP contribution in [-0.4, -0.2) is 32.8 Å². The van der Waals surface area contributed by atoms with Crippen molar-refractivity contribution in [1.29, 1.82) is 0 Å². The maximum atomic E-state index is 11.8. The lowest BCUT2D eigenvalue weighted by Gasteiger charge is -2.18. The molecule has 0 fully saturated rings. The second kappa shape index (κ2) is 7.41. The first-order chi connectivity index (χ1) is 10.4. The van der Waals surface area contributed by atoms with Gasteiger partial charge in [0.1, 0.15) is 0 Å². The fraction of sp³-hybridized carbons (Fsp3) is 0.353. The molecule has 0 saturated carbocycles. The highest BCUT2D eigenvalue weighted by atomic mass is 16.5. The monoisotopic (exact) mass is 303 g/mol. The van der Waals surface area contributed by atoms with E-state index in [-0.39, 0.29) is 5.91 Å². The number of rotatable bonds is 6. The number of terminal acetylenes is 1. The van der Waals surface area contributed by atoms with Crippen LogP contribution in [-0.2, 0) is 4.79 Å². The molecule has 1 amide bonds. The van der Waals surface area contributed by atoms with Crippen molar-refractivity contribution >= 4 is 12.0 Å². The van der Waals surface area contributed by atoms with Gasteiger partial charge in [-0.25, -0.2) is 0 Å². The Morgan fingerprint density at radius 2 is 1.73 bits per heavy atom. The average molecular weight is 303 g/mol. The van der Waals surface area contributed by atoms with E-state index in [1.807, 2.05) is 0 Å². The van der Waals surface area contributed by atoms with Gasteiger partial charge < -0.3 is 19.5 Å². The Labute approximate surface area is 131 Å². The molecule has 22 heavy (non-hydrogen) atoms. The van der Waals surface area contributed by atoms with Gasteiger partial charge in [-0.15, -0.1) is 6.42 Å². The summed E-state index contributed by atoms with van der Waals surface area (Å²) >= 11 is 0. The number of benzene rings is 1. The van der Waals surface area contributed by atoms with Crippen molar-refractivity contribution in [2.45, 2.75) is 19.4 Å². The van der Waals surface area contributed by atoms with Gasteiger partial charge in [0.15, 0.2) is 11.5 Å². The first kappa shape index (κ1) is 17.4. The van der Waals surface area contributed by atoms with Crippen molar-refractivity contribution in [2.24, 2.45) is 0 Å². The van der Waals surface area contributed by atoms with Crippen molar-refractivity contribution < 1.29 is 19.0 Å². The van der Waals surface area contributed by atoms with Crippen LogP contribution in [0.4, 0.5) is 0 Å².